The van der Waals surface area contributed by atoms with Crippen molar-refractivity contribution in [3.8, 4) is 5.75 Å². The number of benzene rings is 3. The highest BCUT2D eigenvalue weighted by atomic mass is 19.4. The number of hydrogen-bond donors (Lipinski definition) is 1. The second kappa shape index (κ2) is 8.60. The third kappa shape index (κ3) is 5.22. The summed E-state index contributed by atoms with van der Waals surface area (Å²) in [4.78, 5) is 17.1. The van der Waals surface area contributed by atoms with Gasteiger partial charge in [0.1, 0.15) is 11.6 Å². The predicted molar refractivity (Wildman–Crippen MR) is 105 cm³/mol. The van der Waals surface area contributed by atoms with Crippen molar-refractivity contribution in [3.05, 3.63) is 95.6 Å². The fourth-order valence-electron chi connectivity index (χ4n) is 2.54. The van der Waals surface area contributed by atoms with Gasteiger partial charge in [-0.3, -0.25) is 4.79 Å². The third-order valence-corrected chi connectivity index (χ3v) is 4.07. The minimum atomic E-state index is -4.46. The molecule has 4 nitrogen and oxygen atoms in total. The molecule has 0 fully saturated rings. The average molecular weight is 398 g/mol. The minimum absolute atomic E-state index is 0.0939. The number of carbonyl (C=O) groups excluding carboxylic acids is 1. The molecule has 0 unspecified atom stereocenters. The summed E-state index contributed by atoms with van der Waals surface area (Å²) in [5.41, 5.74) is 0.515. The van der Waals surface area contributed by atoms with Gasteiger partial charge in [-0.05, 0) is 48.5 Å². The highest BCUT2D eigenvalue weighted by molar-refractivity contribution is 6.13. The van der Waals surface area contributed by atoms with Crippen LogP contribution in [0.2, 0.25) is 0 Å². The SMILES string of the molecule is COc1ccc(N=C(NC(=O)c2ccc(C(F)(F)F)cc2)c2ccccc2)cc1. The fraction of sp³-hybridized carbons (Fsp3) is 0.0909. The molecule has 0 bridgehead atoms. The van der Waals surface area contributed by atoms with Gasteiger partial charge in [-0.1, -0.05) is 30.3 Å². The van der Waals surface area contributed by atoms with Gasteiger partial charge in [0.2, 0.25) is 0 Å². The van der Waals surface area contributed by atoms with Gasteiger partial charge in [0, 0.05) is 11.1 Å². The van der Waals surface area contributed by atoms with Crippen LogP contribution in [-0.2, 0) is 6.18 Å². The Morgan fingerprint density at radius 3 is 2.03 bits per heavy atom. The number of hydrogen-bond acceptors (Lipinski definition) is 3. The molecule has 148 valence electrons. The molecule has 1 N–H and O–H groups in total. The van der Waals surface area contributed by atoms with Gasteiger partial charge < -0.3 is 10.1 Å². The van der Waals surface area contributed by atoms with E-state index in [4.69, 9.17) is 4.74 Å². The van der Waals surface area contributed by atoms with Crippen molar-refractivity contribution in [2.75, 3.05) is 7.11 Å². The van der Waals surface area contributed by atoms with Crippen LogP contribution in [-0.4, -0.2) is 18.9 Å². The standard InChI is InChI=1S/C22H17F3N2O2/c1-29-19-13-11-18(12-14-19)26-20(15-5-3-2-4-6-15)27-21(28)16-7-9-17(10-8-16)22(23,24)25/h2-14H,1H3,(H,26,27,28). The molecule has 29 heavy (non-hydrogen) atoms. The van der Waals surface area contributed by atoms with Gasteiger partial charge >= 0.3 is 6.18 Å². The van der Waals surface area contributed by atoms with E-state index in [-0.39, 0.29) is 11.4 Å². The van der Waals surface area contributed by atoms with Crippen molar-refractivity contribution in [2.24, 2.45) is 4.99 Å². The molecule has 0 aliphatic heterocycles. The van der Waals surface area contributed by atoms with E-state index in [2.05, 4.69) is 10.3 Å². The molecule has 0 aromatic heterocycles. The van der Waals surface area contributed by atoms with Gasteiger partial charge in [-0.2, -0.15) is 13.2 Å². The van der Waals surface area contributed by atoms with Gasteiger partial charge in [-0.15, -0.1) is 0 Å². The minimum Gasteiger partial charge on any atom is -0.497 e. The molecule has 3 aromatic rings. The van der Waals surface area contributed by atoms with E-state index in [1.807, 2.05) is 6.07 Å². The maximum atomic E-state index is 12.7. The predicted octanol–water partition coefficient (Wildman–Crippen LogP) is 5.22. The van der Waals surface area contributed by atoms with E-state index in [1.54, 1.807) is 55.6 Å². The number of halogens is 3. The number of amides is 1. The summed E-state index contributed by atoms with van der Waals surface area (Å²) in [5, 5.41) is 2.68. The first-order valence-electron chi connectivity index (χ1n) is 8.63. The Bertz CT molecular complexity index is 997. The van der Waals surface area contributed by atoms with Crippen molar-refractivity contribution in [3.63, 3.8) is 0 Å². The van der Waals surface area contributed by atoms with E-state index >= 15 is 0 Å². The first kappa shape index (κ1) is 20.1. The maximum Gasteiger partial charge on any atom is 0.416 e. The molecule has 3 aromatic carbocycles. The molecule has 0 heterocycles. The number of aliphatic imine (C=N–C) groups is 1. The van der Waals surface area contributed by atoms with Crippen molar-refractivity contribution in [1.82, 2.24) is 5.32 Å². The zero-order valence-electron chi connectivity index (χ0n) is 15.4. The van der Waals surface area contributed by atoms with Crippen LogP contribution in [0, 0.1) is 0 Å². The molecule has 0 aliphatic rings. The Hall–Kier alpha value is -3.61. The number of carbonyl (C=O) groups is 1. The average Bonchev–Trinajstić information content (AvgIpc) is 2.74. The molecule has 0 spiro atoms. The van der Waals surface area contributed by atoms with Crippen molar-refractivity contribution in [1.29, 1.82) is 0 Å². The lowest BCUT2D eigenvalue weighted by molar-refractivity contribution is -0.137. The first-order valence-corrected chi connectivity index (χ1v) is 8.63. The molecule has 0 atom stereocenters. The summed E-state index contributed by atoms with van der Waals surface area (Å²) in [5.74, 6) is 0.384. The van der Waals surface area contributed by atoms with Gasteiger partial charge in [0.15, 0.2) is 0 Å². The zero-order chi connectivity index (χ0) is 20.9. The van der Waals surface area contributed by atoms with Gasteiger partial charge in [0.25, 0.3) is 5.91 Å². The molecule has 7 heteroatoms. The quantitative estimate of drug-likeness (QED) is 0.484. The summed E-state index contributed by atoms with van der Waals surface area (Å²) >= 11 is 0. The summed E-state index contributed by atoms with van der Waals surface area (Å²) in [6.07, 6.45) is -4.46. The fourth-order valence-corrected chi connectivity index (χ4v) is 2.54. The van der Waals surface area contributed by atoms with E-state index in [0.29, 0.717) is 17.0 Å². The highest BCUT2D eigenvalue weighted by Crippen LogP contribution is 2.29. The summed E-state index contributed by atoms with van der Waals surface area (Å²) < 4.78 is 43.3. The normalized spacial score (nSPS) is 11.8. The molecule has 0 aliphatic carbocycles. The number of alkyl halides is 3. The monoisotopic (exact) mass is 398 g/mol. The van der Waals surface area contributed by atoms with Crippen LogP contribution in [0.4, 0.5) is 18.9 Å². The van der Waals surface area contributed by atoms with Crippen LogP contribution >= 0.6 is 0 Å². The van der Waals surface area contributed by atoms with Crippen molar-refractivity contribution < 1.29 is 22.7 Å². The lowest BCUT2D eigenvalue weighted by atomic mass is 10.1. The zero-order valence-corrected chi connectivity index (χ0v) is 15.4. The lowest BCUT2D eigenvalue weighted by Crippen LogP contribution is -2.31. The third-order valence-electron chi connectivity index (χ3n) is 4.07. The van der Waals surface area contributed by atoms with Crippen LogP contribution < -0.4 is 10.1 Å². The molecule has 0 saturated carbocycles. The Morgan fingerprint density at radius 1 is 0.862 bits per heavy atom. The van der Waals surface area contributed by atoms with Crippen LogP contribution in [0.5, 0.6) is 5.75 Å². The number of amidine groups is 1. The Morgan fingerprint density at radius 2 is 1.48 bits per heavy atom. The van der Waals surface area contributed by atoms with Crippen LogP contribution in [0.25, 0.3) is 0 Å². The van der Waals surface area contributed by atoms with E-state index in [9.17, 15) is 18.0 Å². The summed E-state index contributed by atoms with van der Waals surface area (Å²) in [6, 6.07) is 19.9. The second-order valence-corrected chi connectivity index (χ2v) is 6.05. The number of rotatable bonds is 4. The molecule has 0 radical (unpaired) electrons. The van der Waals surface area contributed by atoms with Gasteiger partial charge in [0.05, 0.1) is 18.4 Å². The van der Waals surface area contributed by atoms with Crippen LogP contribution in [0.3, 0.4) is 0 Å². The number of methoxy groups -OCH3 is 1. The molecule has 0 saturated heterocycles. The Kier molecular flexibility index (Phi) is 5.97. The number of ether oxygens (including phenoxy) is 1. The number of nitrogens with zero attached hydrogens (tertiary/aromatic N) is 1. The Labute approximate surface area is 165 Å². The van der Waals surface area contributed by atoms with E-state index in [0.717, 1.165) is 24.3 Å². The van der Waals surface area contributed by atoms with Crippen LogP contribution in [0.15, 0.2) is 83.9 Å². The summed E-state index contributed by atoms with van der Waals surface area (Å²) in [6.45, 7) is 0. The second-order valence-electron chi connectivity index (χ2n) is 6.05. The number of nitrogens with one attached hydrogen (secondary N) is 1. The van der Waals surface area contributed by atoms with Crippen molar-refractivity contribution >= 4 is 17.4 Å². The highest BCUT2D eigenvalue weighted by Gasteiger charge is 2.30. The van der Waals surface area contributed by atoms with E-state index in [1.165, 1.54) is 0 Å². The largest absolute Gasteiger partial charge is 0.497 e. The first-order chi connectivity index (χ1) is 13.9. The summed E-state index contributed by atoms with van der Waals surface area (Å²) in [7, 11) is 1.55. The molecule has 1 amide bonds. The smallest absolute Gasteiger partial charge is 0.416 e. The van der Waals surface area contributed by atoms with Crippen LogP contribution in [0.1, 0.15) is 21.5 Å². The van der Waals surface area contributed by atoms with E-state index < -0.39 is 17.6 Å². The van der Waals surface area contributed by atoms with Gasteiger partial charge in [-0.25, -0.2) is 4.99 Å². The molecular weight excluding hydrogens is 381 g/mol. The topological polar surface area (TPSA) is 50.7 Å². The molecule has 3 rings (SSSR count). The lowest BCUT2D eigenvalue weighted by Gasteiger charge is -2.11. The Balaban J connectivity index is 1.88. The maximum absolute atomic E-state index is 12.7. The molecular formula is C22H17F3N2O2. The van der Waals surface area contributed by atoms with Crippen molar-refractivity contribution in [2.45, 2.75) is 6.18 Å².